The Morgan fingerprint density at radius 3 is 2.75 bits per heavy atom. The number of nitrogens with zero attached hydrogens (tertiary/aromatic N) is 1. The fraction of sp³-hybridized carbons (Fsp3) is 0.474. The standard InChI is InChI=1S/C19H24N2O7/c1-4-19(5-2)18(23)17(20-11-14(26-3)12-27-9-8-22)15-10-13(21(24)25)6-7-16(15)28-19/h6-7,9-11,17-18,20,23H,4-5,12H2,1-3H3/b14-11+/t17-,18+/m0/s1. The maximum Gasteiger partial charge on any atom is 0.270 e. The minimum atomic E-state index is -0.970. The fourth-order valence-electron chi connectivity index (χ4n) is 3.23. The Balaban J connectivity index is 2.42. The summed E-state index contributed by atoms with van der Waals surface area (Å²) in [6, 6.07) is 3.64. The lowest BCUT2D eigenvalue weighted by Gasteiger charge is -2.45. The molecule has 9 heteroatoms. The van der Waals surface area contributed by atoms with Gasteiger partial charge in [-0.2, -0.15) is 0 Å². The number of hydrogen-bond donors (Lipinski definition) is 2. The summed E-state index contributed by atoms with van der Waals surface area (Å²) in [4.78, 5) is 20.9. The number of fused-ring (bicyclic) bond motifs is 1. The van der Waals surface area contributed by atoms with Crippen molar-refractivity contribution in [3.63, 3.8) is 0 Å². The van der Waals surface area contributed by atoms with Crippen LogP contribution in [0.5, 0.6) is 5.75 Å². The molecule has 0 radical (unpaired) electrons. The number of methoxy groups -OCH3 is 1. The van der Waals surface area contributed by atoms with Crippen LogP contribution in [0.2, 0.25) is 0 Å². The maximum absolute atomic E-state index is 11.2. The first-order valence-corrected chi connectivity index (χ1v) is 8.87. The van der Waals surface area contributed by atoms with Crippen LogP contribution in [0.1, 0.15) is 38.3 Å². The van der Waals surface area contributed by atoms with Crippen molar-refractivity contribution in [1.82, 2.24) is 5.32 Å². The zero-order valence-corrected chi connectivity index (χ0v) is 16.0. The molecule has 1 aliphatic rings. The van der Waals surface area contributed by atoms with Gasteiger partial charge in [0.2, 0.25) is 0 Å². The van der Waals surface area contributed by atoms with E-state index in [0.29, 0.717) is 29.9 Å². The highest BCUT2D eigenvalue weighted by Gasteiger charge is 2.47. The smallest absolute Gasteiger partial charge is 0.270 e. The Kier molecular flexibility index (Phi) is 7.03. The second-order valence-electron chi connectivity index (χ2n) is 6.30. The lowest BCUT2D eigenvalue weighted by molar-refractivity contribution is -0.385. The van der Waals surface area contributed by atoms with Gasteiger partial charge in [0.1, 0.15) is 29.8 Å². The highest BCUT2D eigenvalue weighted by Crippen LogP contribution is 2.44. The highest BCUT2D eigenvalue weighted by atomic mass is 16.6. The van der Waals surface area contributed by atoms with Crippen LogP contribution in [0.4, 0.5) is 5.69 Å². The topological polar surface area (TPSA) is 120 Å². The van der Waals surface area contributed by atoms with Crippen LogP contribution in [0, 0.1) is 10.1 Å². The molecule has 0 aliphatic carbocycles. The molecule has 0 saturated heterocycles. The van der Waals surface area contributed by atoms with E-state index in [4.69, 9.17) is 14.2 Å². The van der Waals surface area contributed by atoms with E-state index in [1.165, 1.54) is 31.4 Å². The lowest BCUT2D eigenvalue weighted by atomic mass is 9.80. The second-order valence-corrected chi connectivity index (χ2v) is 6.30. The number of benzene rings is 1. The highest BCUT2D eigenvalue weighted by molar-refractivity contribution is 5.48. The molecule has 9 nitrogen and oxygen atoms in total. The molecular weight excluding hydrogens is 368 g/mol. The average Bonchev–Trinajstić information content (AvgIpc) is 2.71. The SMILES string of the molecule is CCC1(CC)Oc2ccc([N+](=O)[O-])cc2[C@H](N/C=C(\COC=C=O)OC)[C@H]1O. The Bertz CT molecular complexity index is 782. The van der Waals surface area contributed by atoms with Crippen molar-refractivity contribution in [3.05, 3.63) is 52.1 Å². The molecule has 0 bridgehead atoms. The van der Waals surface area contributed by atoms with E-state index in [-0.39, 0.29) is 12.3 Å². The molecule has 0 fully saturated rings. The molecule has 152 valence electrons. The fourth-order valence-corrected chi connectivity index (χ4v) is 3.23. The third-order valence-corrected chi connectivity index (χ3v) is 4.95. The average molecular weight is 392 g/mol. The first-order chi connectivity index (χ1) is 13.4. The normalized spacial score (nSPS) is 20.2. The Morgan fingerprint density at radius 1 is 1.46 bits per heavy atom. The van der Waals surface area contributed by atoms with Crippen LogP contribution >= 0.6 is 0 Å². The predicted octanol–water partition coefficient (Wildman–Crippen LogP) is 2.39. The molecule has 2 N–H and O–H groups in total. The first kappa shape index (κ1) is 21.3. The Labute approximate surface area is 162 Å². The largest absolute Gasteiger partial charge is 0.496 e. The zero-order chi connectivity index (χ0) is 20.7. The second kappa shape index (κ2) is 9.25. The van der Waals surface area contributed by atoms with E-state index in [9.17, 15) is 20.0 Å². The van der Waals surface area contributed by atoms with Crippen molar-refractivity contribution >= 4 is 11.6 Å². The summed E-state index contributed by atoms with van der Waals surface area (Å²) >= 11 is 0. The van der Waals surface area contributed by atoms with E-state index in [0.717, 1.165) is 6.26 Å². The van der Waals surface area contributed by atoms with Crippen LogP contribution in [0.25, 0.3) is 0 Å². The number of nitro groups is 1. The van der Waals surface area contributed by atoms with Gasteiger partial charge >= 0.3 is 0 Å². The summed E-state index contributed by atoms with van der Waals surface area (Å²) in [6.45, 7) is 3.80. The van der Waals surface area contributed by atoms with Gasteiger partial charge in [0.25, 0.3) is 5.69 Å². The molecule has 1 aliphatic heterocycles. The molecular formula is C19H24N2O7. The molecule has 1 aromatic rings. The molecule has 0 saturated carbocycles. The van der Waals surface area contributed by atoms with Crippen molar-refractivity contribution < 1.29 is 29.0 Å². The maximum atomic E-state index is 11.2. The molecule has 0 unspecified atom stereocenters. The number of non-ortho nitro benzene ring substituents is 1. The van der Waals surface area contributed by atoms with Gasteiger partial charge in [-0.05, 0) is 18.9 Å². The monoisotopic (exact) mass is 392 g/mol. The molecule has 28 heavy (non-hydrogen) atoms. The van der Waals surface area contributed by atoms with Gasteiger partial charge in [-0.3, -0.25) is 10.1 Å². The van der Waals surface area contributed by atoms with E-state index >= 15 is 0 Å². The van der Waals surface area contributed by atoms with Crippen LogP contribution in [-0.4, -0.2) is 41.4 Å². The predicted molar refractivity (Wildman–Crippen MR) is 100 cm³/mol. The van der Waals surface area contributed by atoms with Gasteiger partial charge in [0, 0.05) is 23.9 Å². The number of hydrogen-bond acceptors (Lipinski definition) is 8. The van der Waals surface area contributed by atoms with Gasteiger partial charge in [0.15, 0.2) is 12.2 Å². The molecule has 0 aromatic heterocycles. The number of carbonyl (C=O) groups excluding carboxylic acids is 1. The van der Waals surface area contributed by atoms with Gasteiger partial charge in [-0.1, -0.05) is 13.8 Å². The van der Waals surface area contributed by atoms with E-state index in [2.05, 4.69) is 5.32 Å². The Hall–Kier alpha value is -3.03. The molecule has 0 amide bonds. The number of aliphatic hydroxyl groups excluding tert-OH is 1. The van der Waals surface area contributed by atoms with Crippen LogP contribution in [0.15, 0.2) is 36.4 Å². The summed E-state index contributed by atoms with van der Waals surface area (Å²) in [5.74, 6) is 2.33. The summed E-state index contributed by atoms with van der Waals surface area (Å²) in [6.07, 6.45) is 2.49. The molecule has 2 rings (SSSR count). The van der Waals surface area contributed by atoms with E-state index in [1.54, 1.807) is 6.07 Å². The van der Waals surface area contributed by atoms with Crippen molar-refractivity contribution in [2.75, 3.05) is 13.7 Å². The molecule has 1 heterocycles. The van der Waals surface area contributed by atoms with Crippen molar-refractivity contribution in [2.24, 2.45) is 0 Å². The summed E-state index contributed by atoms with van der Waals surface area (Å²) in [7, 11) is 1.43. The minimum absolute atomic E-state index is 0.0213. The zero-order valence-electron chi connectivity index (χ0n) is 16.0. The van der Waals surface area contributed by atoms with Crippen molar-refractivity contribution in [1.29, 1.82) is 0 Å². The number of nitrogens with one attached hydrogen (secondary N) is 1. The van der Waals surface area contributed by atoms with Gasteiger partial charge in [0.05, 0.1) is 18.1 Å². The van der Waals surface area contributed by atoms with Crippen LogP contribution in [0.3, 0.4) is 0 Å². The van der Waals surface area contributed by atoms with E-state index in [1.807, 2.05) is 13.8 Å². The van der Waals surface area contributed by atoms with E-state index < -0.39 is 22.7 Å². The third-order valence-electron chi connectivity index (χ3n) is 4.95. The lowest BCUT2D eigenvalue weighted by Crippen LogP contribution is -2.55. The quantitative estimate of drug-likeness (QED) is 0.284. The third kappa shape index (κ3) is 4.27. The number of aliphatic hydroxyl groups is 1. The molecule has 2 atom stereocenters. The first-order valence-electron chi connectivity index (χ1n) is 8.87. The summed E-state index contributed by atoms with van der Waals surface area (Å²) in [5, 5.41) is 25.3. The summed E-state index contributed by atoms with van der Waals surface area (Å²) in [5.41, 5.74) is -0.463. The van der Waals surface area contributed by atoms with Crippen molar-refractivity contribution in [3.8, 4) is 5.75 Å². The summed E-state index contributed by atoms with van der Waals surface area (Å²) < 4.78 is 16.2. The van der Waals surface area contributed by atoms with Gasteiger partial charge < -0.3 is 24.6 Å². The van der Waals surface area contributed by atoms with Crippen LogP contribution < -0.4 is 10.1 Å². The van der Waals surface area contributed by atoms with Gasteiger partial charge in [-0.25, -0.2) is 4.79 Å². The van der Waals surface area contributed by atoms with Crippen molar-refractivity contribution in [2.45, 2.75) is 44.4 Å². The number of nitro benzene ring substituents is 1. The Morgan fingerprint density at radius 2 is 2.18 bits per heavy atom. The molecule has 0 spiro atoms. The van der Waals surface area contributed by atoms with Gasteiger partial charge in [-0.15, -0.1) is 0 Å². The minimum Gasteiger partial charge on any atom is -0.496 e. The molecule has 1 aromatic carbocycles. The number of rotatable bonds is 9. The van der Waals surface area contributed by atoms with Crippen LogP contribution in [-0.2, 0) is 14.3 Å². The number of ether oxygens (including phenoxy) is 3.